The number of rotatable bonds is 4. The molecule has 19 heavy (non-hydrogen) atoms. The fourth-order valence-corrected chi connectivity index (χ4v) is 2.09. The Morgan fingerprint density at radius 2 is 2.00 bits per heavy atom. The van der Waals surface area contributed by atoms with E-state index in [1.165, 1.54) is 5.56 Å². The van der Waals surface area contributed by atoms with E-state index >= 15 is 0 Å². The minimum atomic E-state index is 0.0462. The van der Waals surface area contributed by atoms with Gasteiger partial charge in [-0.05, 0) is 55.4 Å². The smallest absolute Gasteiger partial charge is 0.171 e. The van der Waals surface area contributed by atoms with Crippen molar-refractivity contribution in [3.05, 3.63) is 54.0 Å². The Hall–Kier alpha value is -1.81. The zero-order valence-electron chi connectivity index (χ0n) is 11.1. The van der Waals surface area contributed by atoms with Crippen molar-refractivity contribution in [2.45, 2.75) is 26.3 Å². The minimum Gasteiger partial charge on any atom is -0.467 e. The standard InChI is InChI=1S/C15H18N2OS/c1-3-12-6-8-13(9-7-12)17-15(19)16-11(2)14-5-4-10-18-14/h4-11H,3H2,1-2H3,(H2,16,17,19)/t11-/m0/s1. The Morgan fingerprint density at radius 3 is 2.58 bits per heavy atom. The first kappa shape index (κ1) is 13.6. The van der Waals surface area contributed by atoms with Gasteiger partial charge in [0, 0.05) is 5.69 Å². The fraction of sp³-hybridized carbons (Fsp3) is 0.267. The molecule has 0 aliphatic carbocycles. The topological polar surface area (TPSA) is 37.2 Å². The maximum absolute atomic E-state index is 5.33. The van der Waals surface area contributed by atoms with Gasteiger partial charge in [-0.15, -0.1) is 0 Å². The lowest BCUT2D eigenvalue weighted by Crippen LogP contribution is -2.30. The maximum Gasteiger partial charge on any atom is 0.171 e. The van der Waals surface area contributed by atoms with Gasteiger partial charge < -0.3 is 15.1 Å². The van der Waals surface area contributed by atoms with Crippen molar-refractivity contribution in [3.63, 3.8) is 0 Å². The summed E-state index contributed by atoms with van der Waals surface area (Å²) in [5, 5.41) is 6.94. The summed E-state index contributed by atoms with van der Waals surface area (Å²) < 4.78 is 5.33. The second-order valence-corrected chi connectivity index (χ2v) is 4.79. The van der Waals surface area contributed by atoms with Crippen molar-refractivity contribution in [2.24, 2.45) is 0 Å². The number of thiocarbonyl (C=S) groups is 1. The van der Waals surface area contributed by atoms with Crippen LogP contribution in [0.1, 0.15) is 31.2 Å². The quantitative estimate of drug-likeness (QED) is 0.829. The van der Waals surface area contributed by atoms with Gasteiger partial charge in [0.05, 0.1) is 12.3 Å². The molecule has 0 aliphatic heterocycles. The molecule has 0 spiro atoms. The zero-order chi connectivity index (χ0) is 13.7. The van der Waals surface area contributed by atoms with E-state index in [9.17, 15) is 0 Å². The van der Waals surface area contributed by atoms with Gasteiger partial charge in [-0.1, -0.05) is 19.1 Å². The van der Waals surface area contributed by atoms with Gasteiger partial charge in [0.25, 0.3) is 0 Å². The molecule has 100 valence electrons. The average molecular weight is 274 g/mol. The number of hydrogen-bond acceptors (Lipinski definition) is 2. The molecule has 4 heteroatoms. The third-order valence-electron chi connectivity index (χ3n) is 2.94. The van der Waals surface area contributed by atoms with Crippen LogP contribution in [0.25, 0.3) is 0 Å². The molecule has 0 unspecified atom stereocenters. The Morgan fingerprint density at radius 1 is 1.26 bits per heavy atom. The highest BCUT2D eigenvalue weighted by molar-refractivity contribution is 7.80. The monoisotopic (exact) mass is 274 g/mol. The van der Waals surface area contributed by atoms with Crippen LogP contribution in [0.15, 0.2) is 47.1 Å². The normalized spacial score (nSPS) is 11.9. The highest BCUT2D eigenvalue weighted by Crippen LogP contribution is 2.13. The molecule has 0 saturated carbocycles. The number of furan rings is 1. The molecular formula is C15H18N2OS. The molecule has 0 amide bonds. The molecule has 0 bridgehead atoms. The third kappa shape index (κ3) is 3.83. The van der Waals surface area contributed by atoms with E-state index in [1.807, 2.05) is 31.2 Å². The van der Waals surface area contributed by atoms with Crippen LogP contribution < -0.4 is 10.6 Å². The molecule has 0 radical (unpaired) electrons. The summed E-state index contributed by atoms with van der Waals surface area (Å²) >= 11 is 5.28. The highest BCUT2D eigenvalue weighted by Gasteiger charge is 2.09. The van der Waals surface area contributed by atoms with Gasteiger partial charge in [0.15, 0.2) is 5.11 Å². The van der Waals surface area contributed by atoms with E-state index in [2.05, 4.69) is 29.7 Å². The van der Waals surface area contributed by atoms with E-state index in [1.54, 1.807) is 6.26 Å². The van der Waals surface area contributed by atoms with E-state index in [0.717, 1.165) is 17.9 Å². The van der Waals surface area contributed by atoms with Gasteiger partial charge in [0.1, 0.15) is 5.76 Å². The van der Waals surface area contributed by atoms with Gasteiger partial charge in [-0.25, -0.2) is 0 Å². The molecule has 1 aromatic heterocycles. The summed E-state index contributed by atoms with van der Waals surface area (Å²) in [7, 11) is 0. The lowest BCUT2D eigenvalue weighted by Gasteiger charge is -2.15. The number of hydrogen-bond donors (Lipinski definition) is 2. The van der Waals surface area contributed by atoms with Gasteiger partial charge in [-0.2, -0.15) is 0 Å². The predicted octanol–water partition coefficient (Wildman–Crippen LogP) is 3.89. The highest BCUT2D eigenvalue weighted by atomic mass is 32.1. The minimum absolute atomic E-state index is 0.0462. The molecule has 1 heterocycles. The third-order valence-corrected chi connectivity index (χ3v) is 3.16. The first-order valence-corrected chi connectivity index (χ1v) is 6.79. The Balaban J connectivity index is 1.90. The second kappa shape index (κ2) is 6.38. The van der Waals surface area contributed by atoms with E-state index in [-0.39, 0.29) is 6.04 Å². The molecule has 0 fully saturated rings. The summed E-state index contributed by atoms with van der Waals surface area (Å²) in [5.41, 5.74) is 2.30. The molecule has 1 aromatic carbocycles. The number of anilines is 1. The molecule has 0 aliphatic rings. The van der Waals surface area contributed by atoms with Crippen molar-refractivity contribution < 1.29 is 4.42 Å². The number of benzene rings is 1. The first-order valence-electron chi connectivity index (χ1n) is 6.39. The van der Waals surface area contributed by atoms with Crippen LogP contribution >= 0.6 is 12.2 Å². The van der Waals surface area contributed by atoms with E-state index in [4.69, 9.17) is 16.6 Å². The van der Waals surface area contributed by atoms with Crippen molar-refractivity contribution in [2.75, 3.05) is 5.32 Å². The number of aryl methyl sites for hydroxylation is 1. The van der Waals surface area contributed by atoms with Crippen LogP contribution in [0.3, 0.4) is 0 Å². The SMILES string of the molecule is CCc1ccc(NC(=S)N[C@@H](C)c2ccco2)cc1. The largest absolute Gasteiger partial charge is 0.467 e. The summed E-state index contributed by atoms with van der Waals surface area (Å²) in [4.78, 5) is 0. The van der Waals surface area contributed by atoms with Gasteiger partial charge >= 0.3 is 0 Å². The molecule has 3 nitrogen and oxygen atoms in total. The summed E-state index contributed by atoms with van der Waals surface area (Å²) in [6.45, 7) is 4.15. The van der Waals surface area contributed by atoms with Gasteiger partial charge in [0.2, 0.25) is 0 Å². The Bertz CT molecular complexity index is 520. The van der Waals surface area contributed by atoms with E-state index < -0.39 is 0 Å². The molecule has 1 atom stereocenters. The van der Waals surface area contributed by atoms with Crippen LogP contribution in [0, 0.1) is 0 Å². The van der Waals surface area contributed by atoms with Gasteiger partial charge in [-0.3, -0.25) is 0 Å². The second-order valence-electron chi connectivity index (χ2n) is 4.39. The predicted molar refractivity (Wildman–Crippen MR) is 82.3 cm³/mol. The molecular weight excluding hydrogens is 256 g/mol. The molecule has 2 aromatic rings. The van der Waals surface area contributed by atoms with Crippen LogP contribution in [0.2, 0.25) is 0 Å². The molecule has 0 saturated heterocycles. The lowest BCUT2D eigenvalue weighted by atomic mass is 10.1. The van der Waals surface area contributed by atoms with Crippen LogP contribution in [-0.4, -0.2) is 5.11 Å². The van der Waals surface area contributed by atoms with Crippen molar-refractivity contribution in [3.8, 4) is 0 Å². The fourth-order valence-electron chi connectivity index (χ4n) is 1.80. The van der Waals surface area contributed by atoms with Crippen molar-refractivity contribution >= 4 is 23.0 Å². The maximum atomic E-state index is 5.33. The van der Waals surface area contributed by atoms with Crippen LogP contribution in [-0.2, 0) is 6.42 Å². The summed E-state index contributed by atoms with van der Waals surface area (Å²) in [6.07, 6.45) is 2.70. The Kier molecular flexibility index (Phi) is 4.58. The Labute approximate surface area is 119 Å². The summed E-state index contributed by atoms with van der Waals surface area (Å²) in [5.74, 6) is 0.866. The molecule has 2 rings (SSSR count). The van der Waals surface area contributed by atoms with Crippen LogP contribution in [0.4, 0.5) is 5.69 Å². The van der Waals surface area contributed by atoms with Crippen molar-refractivity contribution in [1.29, 1.82) is 0 Å². The molecule has 2 N–H and O–H groups in total. The van der Waals surface area contributed by atoms with Crippen molar-refractivity contribution in [1.82, 2.24) is 5.32 Å². The number of nitrogens with one attached hydrogen (secondary N) is 2. The van der Waals surface area contributed by atoms with E-state index in [0.29, 0.717) is 5.11 Å². The average Bonchev–Trinajstić information content (AvgIpc) is 2.93. The zero-order valence-corrected chi connectivity index (χ0v) is 12.0. The first-order chi connectivity index (χ1) is 9.19. The van der Waals surface area contributed by atoms with Crippen LogP contribution in [0.5, 0.6) is 0 Å². The lowest BCUT2D eigenvalue weighted by molar-refractivity contribution is 0.464. The summed E-state index contributed by atoms with van der Waals surface area (Å²) in [6, 6.07) is 12.1.